The van der Waals surface area contributed by atoms with Crippen LogP contribution in [-0.2, 0) is 11.2 Å². The van der Waals surface area contributed by atoms with Crippen molar-refractivity contribution < 1.29 is 10.2 Å². The van der Waals surface area contributed by atoms with Gasteiger partial charge in [0.25, 0.3) is 0 Å². The van der Waals surface area contributed by atoms with Crippen molar-refractivity contribution >= 4 is 92.0 Å². The van der Waals surface area contributed by atoms with Crippen LogP contribution in [-0.4, -0.2) is 30.1 Å². The fourth-order valence-electron chi connectivity index (χ4n) is 7.67. The standard InChI is InChI=1S/2C27H19ClN2OS.CH4/c2*28-23-11-8-21(9-12-23)27(31,26-17-32-18-30-26)22-10-13-25-24(16-22)20(14-15-29-25)7-6-19-4-2-1-3-5-19;/h2*1-18,31H;1H4/b7-6+;7-6-;. The van der Waals surface area contributed by atoms with Gasteiger partial charge in [-0.25, -0.2) is 9.97 Å². The van der Waals surface area contributed by atoms with Gasteiger partial charge in [0.05, 0.1) is 33.4 Å². The molecule has 10 heteroatoms. The lowest BCUT2D eigenvalue weighted by atomic mass is 9.83. The first-order valence-electron chi connectivity index (χ1n) is 20.3. The highest BCUT2D eigenvalue weighted by atomic mass is 35.5. The summed E-state index contributed by atoms with van der Waals surface area (Å²) in [6.07, 6.45) is 11.9. The van der Waals surface area contributed by atoms with E-state index in [0.29, 0.717) is 32.6 Å². The molecular weight excluding hydrogens is 884 g/mol. The number of thiazole rings is 2. The SMILES string of the molecule is C.OC(c1ccc(Cl)cc1)(c1ccc2nccc(/C=C/c3ccccc3)c2c1)c1cscn1.OC(c1ccc(Cl)cc1)(c1ccc2nccc(/C=C\c3ccccc3)c2c1)c1cscn1. The van der Waals surface area contributed by atoms with Crippen molar-refractivity contribution in [3.05, 3.63) is 258 Å². The second-order valence-corrected chi connectivity index (χ2v) is 17.2. The topological polar surface area (TPSA) is 92.0 Å². The maximum Gasteiger partial charge on any atom is 0.158 e. The Bertz CT molecular complexity index is 2980. The molecule has 10 rings (SSSR count). The van der Waals surface area contributed by atoms with Crippen LogP contribution >= 0.6 is 45.9 Å². The smallest absolute Gasteiger partial charge is 0.158 e. The lowest BCUT2D eigenvalue weighted by molar-refractivity contribution is 0.121. The van der Waals surface area contributed by atoms with Crippen molar-refractivity contribution in [3.8, 4) is 0 Å². The molecular formula is C55H42Cl2N4O2S2. The summed E-state index contributed by atoms with van der Waals surface area (Å²) in [6.45, 7) is 0. The molecule has 2 atom stereocenters. The number of hydrogen-bond acceptors (Lipinski definition) is 8. The molecule has 0 aliphatic rings. The highest BCUT2D eigenvalue weighted by Crippen LogP contribution is 2.40. The summed E-state index contributed by atoms with van der Waals surface area (Å²) in [5.74, 6) is 0. The molecule has 6 nitrogen and oxygen atoms in total. The molecule has 320 valence electrons. The fraction of sp³-hybridized carbons (Fsp3) is 0.0545. The van der Waals surface area contributed by atoms with Gasteiger partial charge in [0.15, 0.2) is 11.2 Å². The zero-order chi connectivity index (χ0) is 43.9. The molecule has 2 unspecified atom stereocenters. The monoisotopic (exact) mass is 924 g/mol. The number of halogens is 2. The summed E-state index contributed by atoms with van der Waals surface area (Å²) in [5.41, 5.74) is 10.7. The van der Waals surface area contributed by atoms with Gasteiger partial charge in [0.1, 0.15) is 0 Å². The van der Waals surface area contributed by atoms with Gasteiger partial charge < -0.3 is 10.2 Å². The summed E-state index contributed by atoms with van der Waals surface area (Å²) in [7, 11) is 0. The largest absolute Gasteiger partial charge is 0.374 e. The summed E-state index contributed by atoms with van der Waals surface area (Å²) in [6, 6.07) is 50.5. The molecule has 0 spiro atoms. The fourth-order valence-corrected chi connectivity index (χ4v) is 9.11. The number of benzene rings is 6. The van der Waals surface area contributed by atoms with Crippen molar-refractivity contribution in [2.24, 2.45) is 0 Å². The van der Waals surface area contributed by atoms with Crippen LogP contribution in [0.4, 0.5) is 0 Å². The molecule has 0 aliphatic carbocycles. The first kappa shape index (κ1) is 45.0. The minimum Gasteiger partial charge on any atom is -0.374 e. The Labute approximate surface area is 396 Å². The van der Waals surface area contributed by atoms with E-state index in [1.165, 1.54) is 22.7 Å². The molecule has 65 heavy (non-hydrogen) atoms. The normalized spacial score (nSPS) is 13.2. The third-order valence-electron chi connectivity index (χ3n) is 11.0. The Morgan fingerprint density at radius 3 is 1.18 bits per heavy atom. The van der Waals surface area contributed by atoms with E-state index < -0.39 is 11.2 Å². The van der Waals surface area contributed by atoms with E-state index in [1.54, 1.807) is 47.7 Å². The minimum atomic E-state index is -1.41. The first-order chi connectivity index (χ1) is 31.3. The van der Waals surface area contributed by atoms with Crippen molar-refractivity contribution in [2.45, 2.75) is 18.6 Å². The van der Waals surface area contributed by atoms with Crippen molar-refractivity contribution in [2.75, 3.05) is 0 Å². The second kappa shape index (κ2) is 20.0. The van der Waals surface area contributed by atoms with E-state index >= 15 is 0 Å². The number of hydrogen-bond donors (Lipinski definition) is 2. The van der Waals surface area contributed by atoms with Crippen LogP contribution in [0.2, 0.25) is 10.0 Å². The average Bonchev–Trinajstić information content (AvgIpc) is 4.11. The molecule has 2 N–H and O–H groups in total. The van der Waals surface area contributed by atoms with Crippen LogP contribution in [0.1, 0.15) is 63.3 Å². The Kier molecular flexibility index (Phi) is 13.9. The number of aromatic nitrogens is 4. The van der Waals surface area contributed by atoms with Gasteiger partial charge in [-0.15, -0.1) is 22.7 Å². The van der Waals surface area contributed by atoms with Gasteiger partial charge >= 0.3 is 0 Å². The van der Waals surface area contributed by atoms with Gasteiger partial charge in [0.2, 0.25) is 0 Å². The molecule has 0 aliphatic heterocycles. The predicted octanol–water partition coefficient (Wildman–Crippen LogP) is 14.2. The maximum absolute atomic E-state index is 12.0. The van der Waals surface area contributed by atoms with E-state index in [4.69, 9.17) is 23.2 Å². The van der Waals surface area contributed by atoms with Gasteiger partial charge in [-0.2, -0.15) is 0 Å². The van der Waals surface area contributed by atoms with Crippen LogP contribution in [0.15, 0.2) is 192 Å². The number of nitrogens with zero attached hydrogens (tertiary/aromatic N) is 4. The van der Waals surface area contributed by atoms with Gasteiger partial charge in [0, 0.05) is 44.0 Å². The van der Waals surface area contributed by atoms with E-state index in [-0.39, 0.29) is 7.43 Å². The lowest BCUT2D eigenvalue weighted by Crippen LogP contribution is -2.29. The minimum absolute atomic E-state index is 0. The number of pyridine rings is 2. The van der Waals surface area contributed by atoms with E-state index in [9.17, 15) is 10.2 Å². The molecule has 10 aromatic rings. The van der Waals surface area contributed by atoms with Crippen LogP contribution < -0.4 is 0 Å². The van der Waals surface area contributed by atoms with Crippen LogP contribution in [0.3, 0.4) is 0 Å². The van der Waals surface area contributed by atoms with E-state index in [0.717, 1.165) is 55.2 Å². The molecule has 4 heterocycles. The Balaban J connectivity index is 0.000000175. The van der Waals surface area contributed by atoms with E-state index in [2.05, 4.69) is 68.5 Å². The first-order valence-corrected chi connectivity index (χ1v) is 22.9. The van der Waals surface area contributed by atoms with E-state index in [1.807, 2.05) is 120 Å². The zero-order valence-electron chi connectivity index (χ0n) is 34.0. The van der Waals surface area contributed by atoms with Crippen molar-refractivity contribution in [3.63, 3.8) is 0 Å². The molecule has 0 saturated heterocycles. The van der Waals surface area contributed by atoms with Crippen LogP contribution in [0, 0.1) is 0 Å². The summed E-state index contributed by atoms with van der Waals surface area (Å²) in [4.78, 5) is 17.9. The summed E-state index contributed by atoms with van der Waals surface area (Å²) < 4.78 is 0. The quantitative estimate of drug-likeness (QED) is 0.142. The van der Waals surface area contributed by atoms with Crippen molar-refractivity contribution in [1.82, 2.24) is 19.9 Å². The molecule has 6 aromatic carbocycles. The Morgan fingerprint density at radius 1 is 0.431 bits per heavy atom. The predicted molar refractivity (Wildman–Crippen MR) is 272 cm³/mol. The van der Waals surface area contributed by atoms with Crippen molar-refractivity contribution in [1.29, 1.82) is 0 Å². The molecule has 0 amide bonds. The second-order valence-electron chi connectivity index (χ2n) is 14.9. The Hall–Kier alpha value is -6.62. The zero-order valence-corrected chi connectivity index (χ0v) is 37.2. The third kappa shape index (κ3) is 9.60. The Morgan fingerprint density at radius 2 is 0.815 bits per heavy atom. The molecule has 0 fully saturated rings. The maximum atomic E-state index is 12.0. The van der Waals surface area contributed by atoms with Gasteiger partial charge in [-0.3, -0.25) is 9.97 Å². The number of aliphatic hydroxyl groups is 2. The molecule has 0 radical (unpaired) electrons. The molecule has 4 aromatic heterocycles. The highest BCUT2D eigenvalue weighted by Gasteiger charge is 2.37. The summed E-state index contributed by atoms with van der Waals surface area (Å²) >= 11 is 15.1. The molecule has 0 bridgehead atoms. The van der Waals surface area contributed by atoms with Crippen LogP contribution in [0.25, 0.3) is 46.1 Å². The lowest BCUT2D eigenvalue weighted by Gasteiger charge is -2.28. The number of fused-ring (bicyclic) bond motifs is 2. The van der Waals surface area contributed by atoms with Crippen LogP contribution in [0.5, 0.6) is 0 Å². The van der Waals surface area contributed by atoms with Gasteiger partial charge in [-0.05, 0) is 105 Å². The van der Waals surface area contributed by atoms with Gasteiger partial charge in [-0.1, -0.05) is 152 Å². The highest BCUT2D eigenvalue weighted by molar-refractivity contribution is 7.07. The molecule has 0 saturated carbocycles. The third-order valence-corrected chi connectivity index (χ3v) is 12.7. The average molecular weight is 926 g/mol. The number of rotatable bonds is 10. The summed E-state index contributed by atoms with van der Waals surface area (Å²) in [5, 5.41) is 30.9.